The van der Waals surface area contributed by atoms with Gasteiger partial charge in [-0.1, -0.05) is 43.3 Å². The Labute approximate surface area is 108 Å². The largest absolute Gasteiger partial charge is 0.496 e. The molecule has 0 saturated heterocycles. The molecule has 0 spiro atoms. The predicted octanol–water partition coefficient (Wildman–Crippen LogP) is 3.42. The molecule has 0 bridgehead atoms. The molecule has 0 aliphatic carbocycles. The van der Waals surface area contributed by atoms with Crippen LogP contribution in [0.1, 0.15) is 18.1 Å². The van der Waals surface area contributed by atoms with Crippen molar-refractivity contribution in [2.24, 2.45) is 0 Å². The number of aliphatic hydroxyl groups is 1. The SMILES string of the molecule is CCc1ccccc1-c1c(CO)cccc1OC. The summed E-state index contributed by atoms with van der Waals surface area (Å²) < 4.78 is 5.43. The molecule has 0 atom stereocenters. The van der Waals surface area contributed by atoms with Gasteiger partial charge in [-0.2, -0.15) is 0 Å². The summed E-state index contributed by atoms with van der Waals surface area (Å²) in [6.07, 6.45) is 0.957. The lowest BCUT2D eigenvalue weighted by Crippen LogP contribution is -1.97. The molecule has 0 radical (unpaired) electrons. The first-order valence-corrected chi connectivity index (χ1v) is 6.16. The van der Waals surface area contributed by atoms with Gasteiger partial charge in [0.2, 0.25) is 0 Å². The Balaban J connectivity index is 2.68. The van der Waals surface area contributed by atoms with E-state index in [0.29, 0.717) is 0 Å². The number of methoxy groups -OCH3 is 1. The fraction of sp³-hybridized carbons (Fsp3) is 0.250. The monoisotopic (exact) mass is 242 g/mol. The third-order valence-electron chi connectivity index (χ3n) is 3.17. The molecule has 2 rings (SSSR count). The topological polar surface area (TPSA) is 29.5 Å². The standard InChI is InChI=1S/C16H18O2/c1-3-12-7-4-5-9-14(12)16-13(11-17)8-6-10-15(16)18-2/h4-10,17H,3,11H2,1-2H3. The van der Waals surface area contributed by atoms with E-state index in [1.807, 2.05) is 30.3 Å². The van der Waals surface area contributed by atoms with Gasteiger partial charge in [0.05, 0.1) is 13.7 Å². The molecule has 2 aromatic carbocycles. The predicted molar refractivity (Wildman–Crippen MR) is 73.7 cm³/mol. The number of benzene rings is 2. The highest BCUT2D eigenvalue weighted by Gasteiger charge is 2.13. The Morgan fingerprint density at radius 3 is 2.39 bits per heavy atom. The molecule has 0 heterocycles. The molecule has 18 heavy (non-hydrogen) atoms. The van der Waals surface area contributed by atoms with Crippen LogP contribution in [0, 0.1) is 0 Å². The molecule has 0 aliphatic rings. The van der Waals surface area contributed by atoms with Gasteiger partial charge < -0.3 is 9.84 Å². The van der Waals surface area contributed by atoms with Gasteiger partial charge in [0.25, 0.3) is 0 Å². The van der Waals surface area contributed by atoms with Gasteiger partial charge >= 0.3 is 0 Å². The molecule has 0 saturated carbocycles. The van der Waals surface area contributed by atoms with Crippen molar-refractivity contribution in [3.8, 4) is 16.9 Å². The number of rotatable bonds is 4. The molecule has 94 valence electrons. The van der Waals surface area contributed by atoms with Crippen molar-refractivity contribution >= 4 is 0 Å². The lowest BCUT2D eigenvalue weighted by molar-refractivity contribution is 0.281. The molecule has 2 aromatic rings. The van der Waals surface area contributed by atoms with E-state index in [-0.39, 0.29) is 6.61 Å². The number of hydrogen-bond donors (Lipinski definition) is 1. The highest BCUT2D eigenvalue weighted by Crippen LogP contribution is 2.35. The van der Waals surface area contributed by atoms with Crippen LogP contribution in [-0.2, 0) is 13.0 Å². The van der Waals surface area contributed by atoms with Gasteiger partial charge in [-0.3, -0.25) is 0 Å². The van der Waals surface area contributed by atoms with E-state index in [0.717, 1.165) is 28.9 Å². The smallest absolute Gasteiger partial charge is 0.127 e. The normalized spacial score (nSPS) is 10.4. The lowest BCUT2D eigenvalue weighted by Gasteiger charge is -2.15. The molecular weight excluding hydrogens is 224 g/mol. The van der Waals surface area contributed by atoms with Crippen molar-refractivity contribution in [2.75, 3.05) is 7.11 Å². The van der Waals surface area contributed by atoms with Crippen molar-refractivity contribution in [3.05, 3.63) is 53.6 Å². The first kappa shape index (κ1) is 12.7. The van der Waals surface area contributed by atoms with Crippen LogP contribution >= 0.6 is 0 Å². The highest BCUT2D eigenvalue weighted by molar-refractivity contribution is 5.76. The number of aliphatic hydroxyl groups excluding tert-OH is 1. The van der Waals surface area contributed by atoms with Crippen molar-refractivity contribution in [3.63, 3.8) is 0 Å². The maximum atomic E-state index is 9.51. The van der Waals surface area contributed by atoms with Crippen molar-refractivity contribution in [1.29, 1.82) is 0 Å². The van der Waals surface area contributed by atoms with Gasteiger partial charge in [-0.15, -0.1) is 0 Å². The van der Waals surface area contributed by atoms with Gasteiger partial charge in [0.1, 0.15) is 5.75 Å². The average Bonchev–Trinajstić information content (AvgIpc) is 2.46. The Bertz CT molecular complexity index is 510. The van der Waals surface area contributed by atoms with Crippen LogP contribution in [0.5, 0.6) is 5.75 Å². The van der Waals surface area contributed by atoms with E-state index in [1.165, 1.54) is 5.56 Å². The van der Waals surface area contributed by atoms with Gasteiger partial charge in [0, 0.05) is 5.56 Å². The maximum absolute atomic E-state index is 9.51. The molecule has 1 N–H and O–H groups in total. The summed E-state index contributed by atoms with van der Waals surface area (Å²) in [6, 6.07) is 14.0. The Morgan fingerprint density at radius 1 is 1.00 bits per heavy atom. The van der Waals surface area contributed by atoms with E-state index in [1.54, 1.807) is 7.11 Å². The molecule has 0 aromatic heterocycles. The average molecular weight is 242 g/mol. The lowest BCUT2D eigenvalue weighted by atomic mass is 9.93. The number of ether oxygens (including phenoxy) is 1. The van der Waals surface area contributed by atoms with Crippen LogP contribution < -0.4 is 4.74 Å². The Morgan fingerprint density at radius 2 is 1.72 bits per heavy atom. The Hall–Kier alpha value is -1.80. The van der Waals surface area contributed by atoms with Gasteiger partial charge in [-0.25, -0.2) is 0 Å². The number of aryl methyl sites for hydroxylation is 1. The zero-order valence-electron chi connectivity index (χ0n) is 10.8. The van der Waals surface area contributed by atoms with E-state index in [9.17, 15) is 5.11 Å². The van der Waals surface area contributed by atoms with E-state index >= 15 is 0 Å². The van der Waals surface area contributed by atoms with Crippen molar-refractivity contribution in [1.82, 2.24) is 0 Å². The van der Waals surface area contributed by atoms with E-state index in [2.05, 4.69) is 19.1 Å². The quantitative estimate of drug-likeness (QED) is 0.890. The minimum Gasteiger partial charge on any atom is -0.496 e. The zero-order chi connectivity index (χ0) is 13.0. The first-order chi connectivity index (χ1) is 8.81. The van der Waals surface area contributed by atoms with Crippen molar-refractivity contribution in [2.45, 2.75) is 20.0 Å². The summed E-state index contributed by atoms with van der Waals surface area (Å²) in [7, 11) is 1.66. The van der Waals surface area contributed by atoms with Crippen LogP contribution in [-0.4, -0.2) is 12.2 Å². The second kappa shape index (κ2) is 5.69. The first-order valence-electron chi connectivity index (χ1n) is 6.16. The fourth-order valence-corrected chi connectivity index (χ4v) is 2.26. The molecule has 0 fully saturated rings. The van der Waals surface area contributed by atoms with Crippen LogP contribution in [0.25, 0.3) is 11.1 Å². The zero-order valence-corrected chi connectivity index (χ0v) is 10.8. The summed E-state index contributed by atoms with van der Waals surface area (Å²) in [5.41, 5.74) is 4.30. The van der Waals surface area contributed by atoms with Gasteiger partial charge in [0.15, 0.2) is 0 Å². The second-order valence-electron chi connectivity index (χ2n) is 4.16. The van der Waals surface area contributed by atoms with Crippen LogP contribution in [0.3, 0.4) is 0 Å². The summed E-state index contributed by atoms with van der Waals surface area (Å²) in [4.78, 5) is 0. The summed E-state index contributed by atoms with van der Waals surface area (Å²) in [6.45, 7) is 2.15. The molecule has 2 nitrogen and oxygen atoms in total. The van der Waals surface area contributed by atoms with E-state index in [4.69, 9.17) is 4.74 Å². The van der Waals surface area contributed by atoms with Crippen LogP contribution in [0.2, 0.25) is 0 Å². The van der Waals surface area contributed by atoms with Crippen LogP contribution in [0.15, 0.2) is 42.5 Å². The highest BCUT2D eigenvalue weighted by atomic mass is 16.5. The number of hydrogen-bond acceptors (Lipinski definition) is 2. The maximum Gasteiger partial charge on any atom is 0.127 e. The molecule has 0 amide bonds. The molecule has 2 heteroatoms. The summed E-state index contributed by atoms with van der Waals surface area (Å²) in [5.74, 6) is 0.808. The van der Waals surface area contributed by atoms with Crippen LogP contribution in [0.4, 0.5) is 0 Å². The van der Waals surface area contributed by atoms with E-state index < -0.39 is 0 Å². The van der Waals surface area contributed by atoms with Crippen molar-refractivity contribution < 1.29 is 9.84 Å². The summed E-state index contributed by atoms with van der Waals surface area (Å²) >= 11 is 0. The minimum absolute atomic E-state index is 0.0184. The molecule has 0 unspecified atom stereocenters. The molecular formula is C16H18O2. The fourth-order valence-electron chi connectivity index (χ4n) is 2.26. The summed E-state index contributed by atoms with van der Waals surface area (Å²) in [5, 5.41) is 9.51. The molecule has 0 aliphatic heterocycles. The second-order valence-corrected chi connectivity index (χ2v) is 4.16. The third-order valence-corrected chi connectivity index (χ3v) is 3.17. The van der Waals surface area contributed by atoms with Gasteiger partial charge in [-0.05, 0) is 29.2 Å². The minimum atomic E-state index is 0.0184. The Kier molecular flexibility index (Phi) is 4.00. The third kappa shape index (κ3) is 2.24.